The summed E-state index contributed by atoms with van der Waals surface area (Å²) in [7, 11) is 3.50. The zero-order chi connectivity index (χ0) is 19.8. The Kier molecular flexibility index (Phi) is 9.99. The predicted octanol–water partition coefficient (Wildman–Crippen LogP) is 2.14. The maximum absolute atomic E-state index is 11.7. The van der Waals surface area contributed by atoms with Crippen LogP contribution in [0.3, 0.4) is 0 Å². The molecule has 1 unspecified atom stereocenters. The number of hydrogen-bond donors (Lipinski definition) is 3. The lowest BCUT2D eigenvalue weighted by molar-refractivity contribution is -0.122. The van der Waals surface area contributed by atoms with E-state index in [0.717, 1.165) is 44.2 Å². The second-order valence-electron chi connectivity index (χ2n) is 7.45. The highest BCUT2D eigenvalue weighted by atomic mass is 127. The van der Waals surface area contributed by atoms with Crippen LogP contribution in [0.15, 0.2) is 29.3 Å². The molecule has 8 heteroatoms. The molecule has 1 aliphatic heterocycles. The maximum Gasteiger partial charge on any atom is 0.223 e. The number of nitrogens with one attached hydrogen (secondary N) is 3. The van der Waals surface area contributed by atoms with Crippen molar-refractivity contribution < 1.29 is 9.53 Å². The third kappa shape index (κ3) is 7.02. The Morgan fingerprint density at radius 3 is 2.52 bits per heavy atom. The number of aliphatic imine (C=N–C) groups is 1. The number of amides is 1. The fraction of sp³-hybridized carbons (Fsp3) is 0.619. The average molecular weight is 515 g/mol. The van der Waals surface area contributed by atoms with Crippen molar-refractivity contribution in [1.29, 1.82) is 0 Å². The van der Waals surface area contributed by atoms with E-state index in [-0.39, 0.29) is 41.8 Å². The van der Waals surface area contributed by atoms with Crippen molar-refractivity contribution >= 4 is 35.8 Å². The van der Waals surface area contributed by atoms with Crippen LogP contribution in [0.4, 0.5) is 0 Å². The first-order chi connectivity index (χ1) is 13.7. The first-order valence-corrected chi connectivity index (χ1v) is 10.3. The van der Waals surface area contributed by atoms with Gasteiger partial charge in [0.2, 0.25) is 5.91 Å². The normalized spacial score (nSPS) is 17.9. The Hall–Kier alpha value is -1.55. The fourth-order valence-corrected chi connectivity index (χ4v) is 3.70. The largest absolute Gasteiger partial charge is 0.496 e. The molecule has 1 saturated carbocycles. The van der Waals surface area contributed by atoms with E-state index in [9.17, 15) is 4.79 Å². The molecule has 3 N–H and O–H groups in total. The Labute approximate surface area is 191 Å². The smallest absolute Gasteiger partial charge is 0.223 e. The highest BCUT2D eigenvalue weighted by Crippen LogP contribution is 2.31. The number of carbonyl (C=O) groups is 1. The third-order valence-corrected chi connectivity index (χ3v) is 5.43. The van der Waals surface area contributed by atoms with Crippen LogP contribution >= 0.6 is 24.0 Å². The molecule has 1 amide bonds. The number of methoxy groups -OCH3 is 1. The second-order valence-corrected chi connectivity index (χ2v) is 7.45. The van der Waals surface area contributed by atoms with E-state index in [1.165, 1.54) is 18.4 Å². The number of para-hydroxylation sites is 1. The minimum atomic E-state index is 0. The number of benzene rings is 1. The SMILES string of the molecule is CN=C(NCCNC(=O)C1CC1)NCC(c1ccccc1OC)N1CCCC1.I. The van der Waals surface area contributed by atoms with E-state index in [4.69, 9.17) is 4.74 Å². The minimum Gasteiger partial charge on any atom is -0.496 e. The first kappa shape index (κ1) is 23.7. The van der Waals surface area contributed by atoms with Crippen LogP contribution in [-0.4, -0.2) is 63.6 Å². The Morgan fingerprint density at radius 2 is 1.86 bits per heavy atom. The van der Waals surface area contributed by atoms with Crippen molar-refractivity contribution in [3.8, 4) is 5.75 Å². The number of rotatable bonds is 9. The van der Waals surface area contributed by atoms with Gasteiger partial charge in [-0.25, -0.2) is 0 Å². The molecular weight excluding hydrogens is 481 g/mol. The topological polar surface area (TPSA) is 78.0 Å². The lowest BCUT2D eigenvalue weighted by atomic mass is 10.0. The van der Waals surface area contributed by atoms with Crippen molar-refractivity contribution in [3.05, 3.63) is 29.8 Å². The van der Waals surface area contributed by atoms with Gasteiger partial charge in [-0.05, 0) is 44.8 Å². The number of nitrogens with zero attached hydrogens (tertiary/aromatic N) is 2. The molecule has 1 aromatic carbocycles. The van der Waals surface area contributed by atoms with E-state index in [2.05, 4.69) is 38.0 Å². The summed E-state index contributed by atoms with van der Waals surface area (Å²) in [6, 6.07) is 8.47. The average Bonchev–Trinajstić information content (AvgIpc) is 3.45. The third-order valence-electron chi connectivity index (χ3n) is 5.43. The molecule has 162 valence electrons. The summed E-state index contributed by atoms with van der Waals surface area (Å²) < 4.78 is 5.60. The van der Waals surface area contributed by atoms with Gasteiger partial charge in [-0.3, -0.25) is 14.7 Å². The molecule has 1 heterocycles. The highest BCUT2D eigenvalue weighted by molar-refractivity contribution is 14.0. The van der Waals surface area contributed by atoms with Crippen LogP contribution in [0.2, 0.25) is 0 Å². The minimum absolute atomic E-state index is 0. The van der Waals surface area contributed by atoms with Crippen molar-refractivity contribution in [1.82, 2.24) is 20.9 Å². The molecule has 1 aromatic rings. The predicted molar refractivity (Wildman–Crippen MR) is 127 cm³/mol. The quantitative estimate of drug-likeness (QED) is 0.203. The van der Waals surface area contributed by atoms with Crippen molar-refractivity contribution in [2.45, 2.75) is 31.7 Å². The fourth-order valence-electron chi connectivity index (χ4n) is 3.70. The molecule has 0 radical (unpaired) electrons. The summed E-state index contributed by atoms with van der Waals surface area (Å²) in [5.41, 5.74) is 1.20. The van der Waals surface area contributed by atoms with E-state index in [1.807, 2.05) is 12.1 Å². The summed E-state index contributed by atoms with van der Waals surface area (Å²) in [4.78, 5) is 18.5. The monoisotopic (exact) mass is 515 g/mol. The van der Waals surface area contributed by atoms with Gasteiger partial charge in [0.25, 0.3) is 0 Å². The maximum atomic E-state index is 11.7. The Morgan fingerprint density at radius 1 is 1.17 bits per heavy atom. The van der Waals surface area contributed by atoms with Gasteiger partial charge in [-0.15, -0.1) is 24.0 Å². The molecule has 29 heavy (non-hydrogen) atoms. The molecule has 3 rings (SSSR count). The van der Waals surface area contributed by atoms with Crippen LogP contribution in [-0.2, 0) is 4.79 Å². The Balaban J connectivity index is 0.00000300. The van der Waals surface area contributed by atoms with Gasteiger partial charge in [0, 0.05) is 38.2 Å². The number of ether oxygens (including phenoxy) is 1. The molecule has 1 atom stereocenters. The number of hydrogen-bond acceptors (Lipinski definition) is 4. The molecule has 2 aliphatic rings. The number of guanidine groups is 1. The van der Waals surface area contributed by atoms with E-state index in [0.29, 0.717) is 13.1 Å². The van der Waals surface area contributed by atoms with Gasteiger partial charge in [0.1, 0.15) is 5.75 Å². The molecule has 0 aromatic heterocycles. The zero-order valence-corrected chi connectivity index (χ0v) is 19.8. The summed E-state index contributed by atoms with van der Waals surface area (Å²) >= 11 is 0. The lowest BCUT2D eigenvalue weighted by Gasteiger charge is -2.30. The summed E-state index contributed by atoms with van der Waals surface area (Å²) in [5.74, 6) is 2.10. The van der Waals surface area contributed by atoms with Crippen molar-refractivity contribution in [3.63, 3.8) is 0 Å². The summed E-state index contributed by atoms with van der Waals surface area (Å²) in [6.07, 6.45) is 4.53. The molecule has 7 nitrogen and oxygen atoms in total. The number of carbonyl (C=O) groups excluding carboxylic acids is 1. The highest BCUT2D eigenvalue weighted by Gasteiger charge is 2.29. The van der Waals surface area contributed by atoms with E-state index in [1.54, 1.807) is 14.2 Å². The molecular formula is C21H34IN5O2. The molecule has 1 saturated heterocycles. The molecule has 1 aliphatic carbocycles. The van der Waals surface area contributed by atoms with Crippen molar-refractivity contribution in [2.75, 3.05) is 46.9 Å². The van der Waals surface area contributed by atoms with Gasteiger partial charge >= 0.3 is 0 Å². The second kappa shape index (κ2) is 12.2. The van der Waals surface area contributed by atoms with Gasteiger partial charge in [-0.1, -0.05) is 18.2 Å². The lowest BCUT2D eigenvalue weighted by Crippen LogP contribution is -2.45. The summed E-state index contributed by atoms with van der Waals surface area (Å²) in [6.45, 7) is 4.21. The number of likely N-dealkylation sites (tertiary alicyclic amines) is 1. The van der Waals surface area contributed by atoms with Crippen LogP contribution < -0.4 is 20.7 Å². The van der Waals surface area contributed by atoms with Crippen molar-refractivity contribution in [2.24, 2.45) is 10.9 Å². The van der Waals surface area contributed by atoms with Crippen LogP contribution in [0.1, 0.15) is 37.3 Å². The molecule has 0 bridgehead atoms. The van der Waals surface area contributed by atoms with E-state index >= 15 is 0 Å². The van der Waals surface area contributed by atoms with Gasteiger partial charge in [0.05, 0.1) is 13.2 Å². The van der Waals surface area contributed by atoms with Crippen LogP contribution in [0.25, 0.3) is 0 Å². The number of halogens is 1. The molecule has 0 spiro atoms. The van der Waals surface area contributed by atoms with Gasteiger partial charge in [-0.2, -0.15) is 0 Å². The van der Waals surface area contributed by atoms with Crippen LogP contribution in [0.5, 0.6) is 5.75 Å². The Bertz CT molecular complexity index is 675. The standard InChI is InChI=1S/C21H33N5O2.HI/c1-22-21(24-12-11-23-20(27)16-9-10-16)25-15-18(26-13-5-6-14-26)17-7-3-4-8-19(17)28-2;/h3-4,7-8,16,18H,5-6,9-15H2,1-2H3,(H,23,27)(H2,22,24,25);1H. The molecule has 2 fully saturated rings. The van der Waals surface area contributed by atoms with Gasteiger partial charge < -0.3 is 20.7 Å². The first-order valence-electron chi connectivity index (χ1n) is 10.3. The zero-order valence-electron chi connectivity index (χ0n) is 17.4. The van der Waals surface area contributed by atoms with E-state index < -0.39 is 0 Å². The van der Waals surface area contributed by atoms with Gasteiger partial charge in [0.15, 0.2) is 5.96 Å². The van der Waals surface area contributed by atoms with Crippen LogP contribution in [0, 0.1) is 5.92 Å². The summed E-state index contributed by atoms with van der Waals surface area (Å²) in [5, 5.41) is 9.70.